The van der Waals surface area contributed by atoms with E-state index in [4.69, 9.17) is 15.3 Å². The quantitative estimate of drug-likeness (QED) is 0.514. The normalized spacial score (nSPS) is 11.6. The van der Waals surface area contributed by atoms with Crippen molar-refractivity contribution in [3.63, 3.8) is 0 Å². The SMILES string of the molecule is CC(C)(C)CC1=[C-]CC=C1.CCO.CCO.CCO.[Ti]. The van der Waals surface area contributed by atoms with Crippen molar-refractivity contribution < 1.29 is 37.0 Å². The van der Waals surface area contributed by atoms with Crippen LogP contribution in [-0.4, -0.2) is 35.1 Å². The van der Waals surface area contributed by atoms with Gasteiger partial charge in [-0.2, -0.15) is 6.08 Å². The first kappa shape index (κ1) is 28.3. The summed E-state index contributed by atoms with van der Waals surface area (Å²) in [4.78, 5) is 0. The van der Waals surface area contributed by atoms with Gasteiger partial charge < -0.3 is 15.3 Å². The molecule has 4 heteroatoms. The zero-order valence-electron chi connectivity index (χ0n) is 14.0. The Morgan fingerprint density at radius 1 is 1.00 bits per heavy atom. The molecule has 0 heterocycles. The van der Waals surface area contributed by atoms with Gasteiger partial charge in [-0.25, -0.2) is 11.6 Å². The van der Waals surface area contributed by atoms with Crippen molar-refractivity contribution in [1.82, 2.24) is 0 Å². The zero-order chi connectivity index (χ0) is 15.7. The molecular weight excluding hydrogens is 288 g/mol. The molecule has 0 aromatic carbocycles. The molecular formula is C16H33O3Ti-. The van der Waals surface area contributed by atoms with Crippen molar-refractivity contribution >= 4 is 0 Å². The van der Waals surface area contributed by atoms with Gasteiger partial charge in [0.2, 0.25) is 0 Å². The Morgan fingerprint density at radius 3 is 1.55 bits per heavy atom. The number of rotatable bonds is 1. The minimum atomic E-state index is 0. The second-order valence-electron chi connectivity index (χ2n) is 4.99. The zero-order valence-corrected chi connectivity index (χ0v) is 15.6. The summed E-state index contributed by atoms with van der Waals surface area (Å²) in [6, 6.07) is 0. The van der Waals surface area contributed by atoms with Gasteiger partial charge in [0.15, 0.2) is 0 Å². The monoisotopic (exact) mass is 321 g/mol. The maximum atomic E-state index is 7.57. The van der Waals surface area contributed by atoms with E-state index in [1.54, 1.807) is 20.8 Å². The number of aliphatic hydroxyl groups excluding tert-OH is 3. The summed E-state index contributed by atoms with van der Waals surface area (Å²) in [6.07, 6.45) is 9.85. The van der Waals surface area contributed by atoms with Gasteiger partial charge in [-0.3, -0.25) is 6.08 Å². The molecule has 0 aromatic heterocycles. The van der Waals surface area contributed by atoms with Crippen LogP contribution < -0.4 is 0 Å². The molecule has 1 rings (SSSR count). The number of allylic oxidation sites excluding steroid dienone is 4. The van der Waals surface area contributed by atoms with Crippen molar-refractivity contribution in [2.45, 2.75) is 54.4 Å². The molecule has 3 N–H and O–H groups in total. The van der Waals surface area contributed by atoms with Crippen LogP contribution in [0.1, 0.15) is 54.4 Å². The van der Waals surface area contributed by atoms with Gasteiger partial charge in [0.25, 0.3) is 0 Å². The third-order valence-electron chi connectivity index (χ3n) is 1.49. The van der Waals surface area contributed by atoms with Crippen LogP contribution in [0.25, 0.3) is 0 Å². The number of hydrogen-bond acceptors (Lipinski definition) is 3. The molecule has 1 aliphatic rings. The summed E-state index contributed by atoms with van der Waals surface area (Å²) in [7, 11) is 0. The standard InChI is InChI=1S/C10H15.3C2H6O.Ti/c1-10(2,3)8-9-6-4-5-7-9;3*1-2-3;/h4,6H,5,8H2,1-3H3;3*3H,2H2,1H3;/q-1;;;;. The molecule has 1 aliphatic carbocycles. The Bertz CT molecular complexity index is 213. The van der Waals surface area contributed by atoms with E-state index < -0.39 is 0 Å². The van der Waals surface area contributed by atoms with Crippen LogP contribution in [0.15, 0.2) is 17.7 Å². The van der Waals surface area contributed by atoms with Gasteiger partial charge in [-0.05, 0) is 26.2 Å². The second-order valence-corrected chi connectivity index (χ2v) is 4.99. The van der Waals surface area contributed by atoms with Crippen molar-refractivity contribution in [2.75, 3.05) is 19.8 Å². The summed E-state index contributed by atoms with van der Waals surface area (Å²) in [5.41, 5.74) is 1.80. The Kier molecular flexibility index (Phi) is 30.2. The summed E-state index contributed by atoms with van der Waals surface area (Å²) >= 11 is 0. The first-order valence-corrected chi connectivity index (χ1v) is 6.91. The van der Waals surface area contributed by atoms with Crippen molar-refractivity contribution in [3.05, 3.63) is 23.8 Å². The molecule has 0 unspecified atom stereocenters. The van der Waals surface area contributed by atoms with Crippen molar-refractivity contribution in [1.29, 1.82) is 0 Å². The van der Waals surface area contributed by atoms with Gasteiger partial charge in [-0.1, -0.05) is 27.2 Å². The van der Waals surface area contributed by atoms with Crippen molar-refractivity contribution in [2.24, 2.45) is 5.41 Å². The van der Waals surface area contributed by atoms with Crippen LogP contribution in [0, 0.1) is 11.5 Å². The van der Waals surface area contributed by atoms with Gasteiger partial charge >= 0.3 is 0 Å². The van der Waals surface area contributed by atoms with Crippen LogP contribution in [0.4, 0.5) is 0 Å². The van der Waals surface area contributed by atoms with E-state index in [-0.39, 0.29) is 41.5 Å². The average molecular weight is 321 g/mol. The van der Waals surface area contributed by atoms with Gasteiger partial charge in [-0.15, -0.1) is 6.42 Å². The van der Waals surface area contributed by atoms with E-state index in [9.17, 15) is 0 Å². The molecule has 0 fully saturated rings. The Labute approximate surface area is 140 Å². The molecule has 0 bridgehead atoms. The molecule has 120 valence electrons. The molecule has 3 nitrogen and oxygen atoms in total. The first-order chi connectivity index (χ1) is 8.82. The Balaban J connectivity index is -0.000000108. The maximum absolute atomic E-state index is 7.57. The summed E-state index contributed by atoms with van der Waals surface area (Å²) in [6.45, 7) is 12.6. The molecule has 0 atom stereocenters. The topological polar surface area (TPSA) is 60.7 Å². The minimum Gasteiger partial charge on any atom is -0.397 e. The van der Waals surface area contributed by atoms with Crippen molar-refractivity contribution in [3.8, 4) is 0 Å². The fourth-order valence-electron chi connectivity index (χ4n) is 1.14. The van der Waals surface area contributed by atoms with Crippen LogP contribution in [-0.2, 0) is 21.7 Å². The predicted octanol–water partition coefficient (Wildman–Crippen LogP) is 3.11. The second kappa shape index (κ2) is 21.4. The maximum Gasteiger partial charge on any atom is 0.0402 e. The molecule has 0 saturated carbocycles. The third-order valence-corrected chi connectivity index (χ3v) is 1.49. The third kappa shape index (κ3) is 36.1. The van der Waals surface area contributed by atoms with E-state index in [2.05, 4.69) is 39.0 Å². The average Bonchev–Trinajstić information content (AvgIpc) is 2.71. The van der Waals surface area contributed by atoms with E-state index in [1.807, 2.05) is 0 Å². The molecule has 0 aliphatic heterocycles. The van der Waals surface area contributed by atoms with Crippen LogP contribution in [0.3, 0.4) is 0 Å². The Hall–Kier alpha value is 0.0743. The largest absolute Gasteiger partial charge is 0.397 e. The smallest absolute Gasteiger partial charge is 0.0402 e. The van der Waals surface area contributed by atoms with Gasteiger partial charge in [0.1, 0.15) is 0 Å². The van der Waals surface area contributed by atoms with E-state index in [0.717, 1.165) is 12.8 Å². The molecule has 0 radical (unpaired) electrons. The fraction of sp³-hybridized carbons (Fsp3) is 0.750. The van der Waals surface area contributed by atoms with Crippen LogP contribution in [0.2, 0.25) is 0 Å². The minimum absolute atomic E-state index is 0. The predicted molar refractivity (Wildman–Crippen MR) is 82.9 cm³/mol. The van der Waals surface area contributed by atoms with Crippen LogP contribution in [0.5, 0.6) is 0 Å². The summed E-state index contributed by atoms with van der Waals surface area (Å²) in [5.74, 6) is 0. The Morgan fingerprint density at radius 2 is 1.35 bits per heavy atom. The van der Waals surface area contributed by atoms with Gasteiger partial charge in [0.05, 0.1) is 0 Å². The molecule has 0 spiro atoms. The number of aliphatic hydroxyl groups is 3. The molecule has 20 heavy (non-hydrogen) atoms. The first-order valence-electron chi connectivity index (χ1n) is 6.91. The fourth-order valence-corrected chi connectivity index (χ4v) is 1.14. The van der Waals surface area contributed by atoms with E-state index in [0.29, 0.717) is 5.41 Å². The summed E-state index contributed by atoms with van der Waals surface area (Å²) in [5, 5.41) is 22.7. The molecule has 0 amide bonds. The van der Waals surface area contributed by atoms with Crippen LogP contribution >= 0.6 is 0 Å². The molecule has 0 aromatic rings. The summed E-state index contributed by atoms with van der Waals surface area (Å²) < 4.78 is 0. The van der Waals surface area contributed by atoms with E-state index >= 15 is 0 Å². The van der Waals surface area contributed by atoms with Gasteiger partial charge in [0, 0.05) is 41.5 Å². The number of hydrogen-bond donors (Lipinski definition) is 3. The van der Waals surface area contributed by atoms with E-state index in [1.165, 1.54) is 5.57 Å². The molecule has 0 saturated heterocycles.